The van der Waals surface area contributed by atoms with Crippen molar-refractivity contribution in [3.05, 3.63) is 32.7 Å². The average molecular weight is 421 g/mol. The number of nitrogens with two attached hydrogens (primary N) is 1. The predicted octanol–water partition coefficient (Wildman–Crippen LogP) is 3.45. The normalized spacial score (nSPS) is 11.8. The number of benzene rings is 1. The number of carbonyl (C=O) groups excluding carboxylic acids is 1. The molecule has 0 bridgehead atoms. The Morgan fingerprint density at radius 1 is 1.43 bits per heavy atom. The van der Waals surface area contributed by atoms with Crippen LogP contribution in [0.3, 0.4) is 0 Å². The van der Waals surface area contributed by atoms with Crippen LogP contribution in [0.25, 0.3) is 0 Å². The van der Waals surface area contributed by atoms with Gasteiger partial charge in [0.25, 0.3) is 5.91 Å². The van der Waals surface area contributed by atoms with Crippen LogP contribution in [-0.2, 0) is 0 Å². The molecular formula is C14H19Br2N3O2. The monoisotopic (exact) mass is 419 g/mol. The summed E-state index contributed by atoms with van der Waals surface area (Å²) in [6, 6.07) is 5.44. The van der Waals surface area contributed by atoms with Gasteiger partial charge in [-0.25, -0.2) is 0 Å². The molecule has 0 spiro atoms. The highest BCUT2D eigenvalue weighted by Crippen LogP contribution is 2.23. The molecule has 0 saturated carbocycles. The van der Waals surface area contributed by atoms with Crippen LogP contribution >= 0.6 is 31.9 Å². The van der Waals surface area contributed by atoms with E-state index in [9.17, 15) is 4.79 Å². The maximum Gasteiger partial charge on any atom is 0.255 e. The van der Waals surface area contributed by atoms with Crippen molar-refractivity contribution in [2.75, 3.05) is 13.1 Å². The molecule has 5 nitrogen and oxygen atoms in total. The zero-order chi connectivity index (χ0) is 16.0. The molecule has 0 radical (unpaired) electrons. The van der Waals surface area contributed by atoms with Gasteiger partial charge in [0.1, 0.15) is 5.84 Å². The van der Waals surface area contributed by atoms with Crippen LogP contribution < -0.4 is 5.73 Å². The average Bonchev–Trinajstić information content (AvgIpc) is 2.42. The van der Waals surface area contributed by atoms with Crippen molar-refractivity contribution in [2.24, 2.45) is 16.8 Å². The minimum atomic E-state index is -0.0752. The lowest BCUT2D eigenvalue weighted by molar-refractivity contribution is 0.0739. The van der Waals surface area contributed by atoms with Crippen LogP contribution in [0.1, 0.15) is 30.6 Å². The molecule has 116 valence electrons. The van der Waals surface area contributed by atoms with Gasteiger partial charge in [-0.2, -0.15) is 0 Å². The van der Waals surface area contributed by atoms with E-state index < -0.39 is 0 Å². The summed E-state index contributed by atoms with van der Waals surface area (Å²) in [4.78, 5) is 14.4. The minimum absolute atomic E-state index is 0.0752. The zero-order valence-corrected chi connectivity index (χ0v) is 15.2. The van der Waals surface area contributed by atoms with Crippen LogP contribution in [0.15, 0.2) is 32.3 Å². The Morgan fingerprint density at radius 3 is 2.62 bits per heavy atom. The van der Waals surface area contributed by atoms with Crippen molar-refractivity contribution >= 4 is 43.6 Å². The first-order valence-electron chi connectivity index (χ1n) is 6.55. The fourth-order valence-electron chi connectivity index (χ4n) is 1.85. The summed E-state index contributed by atoms with van der Waals surface area (Å²) in [6.45, 7) is 5.11. The summed E-state index contributed by atoms with van der Waals surface area (Å²) in [7, 11) is 0. The fourth-order valence-corrected chi connectivity index (χ4v) is 3.07. The number of carbonyl (C=O) groups is 1. The number of hydrogen-bond donors (Lipinski definition) is 2. The summed E-state index contributed by atoms with van der Waals surface area (Å²) in [5.74, 6) is 0.371. The summed E-state index contributed by atoms with van der Waals surface area (Å²) in [5.41, 5.74) is 6.08. The Hall–Kier alpha value is -1.08. The van der Waals surface area contributed by atoms with Gasteiger partial charge in [-0.3, -0.25) is 4.79 Å². The molecule has 0 aliphatic carbocycles. The molecule has 0 aromatic heterocycles. The first-order chi connectivity index (χ1) is 9.85. The van der Waals surface area contributed by atoms with Crippen molar-refractivity contribution < 1.29 is 10.0 Å². The molecule has 1 aromatic rings. The highest BCUT2D eigenvalue weighted by molar-refractivity contribution is 9.11. The van der Waals surface area contributed by atoms with Gasteiger partial charge in [-0.05, 0) is 40.0 Å². The lowest BCUT2D eigenvalue weighted by Gasteiger charge is -2.25. The maximum atomic E-state index is 12.7. The molecule has 0 aliphatic heterocycles. The maximum absolute atomic E-state index is 12.7. The van der Waals surface area contributed by atoms with Crippen molar-refractivity contribution in [1.82, 2.24) is 4.90 Å². The molecule has 3 N–H and O–H groups in total. The van der Waals surface area contributed by atoms with E-state index >= 15 is 0 Å². The summed E-state index contributed by atoms with van der Waals surface area (Å²) < 4.78 is 1.64. The molecule has 21 heavy (non-hydrogen) atoms. The standard InChI is InChI=1S/C14H19Br2N3O2/c1-9(2)8-19(6-5-13(17)18-21)14(20)11-4-3-10(15)7-12(11)16/h3-4,7,9,21H,5-6,8H2,1-2H3,(H2,17,18). The van der Waals surface area contributed by atoms with Crippen LogP contribution in [0.4, 0.5) is 0 Å². The van der Waals surface area contributed by atoms with Gasteiger partial charge < -0.3 is 15.8 Å². The summed E-state index contributed by atoms with van der Waals surface area (Å²) in [5, 5.41) is 11.5. The van der Waals surface area contributed by atoms with Crippen LogP contribution in [0.2, 0.25) is 0 Å². The molecule has 0 fully saturated rings. The molecule has 0 heterocycles. The second-order valence-electron chi connectivity index (χ2n) is 5.11. The highest BCUT2D eigenvalue weighted by Gasteiger charge is 2.19. The number of rotatable bonds is 6. The lowest BCUT2D eigenvalue weighted by Crippen LogP contribution is -2.37. The second-order valence-corrected chi connectivity index (χ2v) is 6.88. The number of amidine groups is 1. The van der Waals surface area contributed by atoms with E-state index in [4.69, 9.17) is 10.9 Å². The summed E-state index contributed by atoms with van der Waals surface area (Å²) >= 11 is 6.78. The third kappa shape index (κ3) is 5.67. The second kappa shape index (κ2) is 8.38. The molecular weight excluding hydrogens is 402 g/mol. The molecule has 0 atom stereocenters. The third-order valence-electron chi connectivity index (χ3n) is 2.80. The molecule has 0 saturated heterocycles. The van der Waals surface area contributed by atoms with Gasteiger partial charge in [0, 0.05) is 28.5 Å². The van der Waals surface area contributed by atoms with E-state index in [1.165, 1.54) is 0 Å². The Balaban J connectivity index is 2.93. The van der Waals surface area contributed by atoms with Crippen molar-refractivity contribution in [3.63, 3.8) is 0 Å². The van der Waals surface area contributed by atoms with Gasteiger partial charge in [-0.15, -0.1) is 0 Å². The van der Waals surface area contributed by atoms with E-state index in [1.807, 2.05) is 26.0 Å². The van der Waals surface area contributed by atoms with E-state index in [2.05, 4.69) is 37.0 Å². The lowest BCUT2D eigenvalue weighted by atomic mass is 10.1. The van der Waals surface area contributed by atoms with Crippen molar-refractivity contribution in [2.45, 2.75) is 20.3 Å². The molecule has 0 aliphatic rings. The van der Waals surface area contributed by atoms with Crippen molar-refractivity contribution in [1.29, 1.82) is 0 Å². The Kier molecular flexibility index (Phi) is 7.17. The number of hydrogen-bond acceptors (Lipinski definition) is 3. The largest absolute Gasteiger partial charge is 0.409 e. The van der Waals surface area contributed by atoms with Gasteiger partial charge in [0.15, 0.2) is 0 Å². The first-order valence-corrected chi connectivity index (χ1v) is 8.14. The van der Waals surface area contributed by atoms with E-state index in [0.717, 1.165) is 8.95 Å². The van der Waals surface area contributed by atoms with E-state index in [0.29, 0.717) is 31.0 Å². The van der Waals surface area contributed by atoms with E-state index in [1.54, 1.807) is 11.0 Å². The topological polar surface area (TPSA) is 78.9 Å². The van der Waals surface area contributed by atoms with Gasteiger partial charge in [0.05, 0.1) is 5.56 Å². The minimum Gasteiger partial charge on any atom is -0.409 e. The smallest absolute Gasteiger partial charge is 0.255 e. The van der Waals surface area contributed by atoms with Crippen molar-refractivity contribution in [3.8, 4) is 0 Å². The molecule has 0 unspecified atom stereocenters. The quantitative estimate of drug-likeness (QED) is 0.320. The molecule has 1 rings (SSSR count). The Bertz CT molecular complexity index is 533. The first kappa shape index (κ1) is 18.0. The van der Waals surface area contributed by atoms with Crippen LogP contribution in [0, 0.1) is 5.92 Å². The van der Waals surface area contributed by atoms with Crippen LogP contribution in [-0.4, -0.2) is 34.9 Å². The fraction of sp³-hybridized carbons (Fsp3) is 0.429. The number of oxime groups is 1. The Labute approximate surface area is 141 Å². The van der Waals surface area contributed by atoms with Crippen LogP contribution in [0.5, 0.6) is 0 Å². The van der Waals surface area contributed by atoms with Gasteiger partial charge in [0.2, 0.25) is 0 Å². The number of nitrogens with zero attached hydrogens (tertiary/aromatic N) is 2. The highest BCUT2D eigenvalue weighted by atomic mass is 79.9. The van der Waals surface area contributed by atoms with E-state index in [-0.39, 0.29) is 11.7 Å². The zero-order valence-electron chi connectivity index (χ0n) is 12.0. The number of amides is 1. The van der Waals surface area contributed by atoms with Gasteiger partial charge >= 0.3 is 0 Å². The molecule has 1 amide bonds. The summed E-state index contributed by atoms with van der Waals surface area (Å²) in [6.07, 6.45) is 0.336. The molecule has 1 aromatic carbocycles. The Morgan fingerprint density at radius 2 is 2.10 bits per heavy atom. The van der Waals surface area contributed by atoms with Gasteiger partial charge in [-0.1, -0.05) is 34.9 Å². The predicted molar refractivity (Wildman–Crippen MR) is 90.6 cm³/mol. The number of halogens is 2. The molecule has 7 heteroatoms. The third-order valence-corrected chi connectivity index (χ3v) is 3.95. The SMILES string of the molecule is CC(C)CN(CC/C(N)=N/O)C(=O)c1ccc(Br)cc1Br.